The molecule has 0 aromatic heterocycles. The van der Waals surface area contributed by atoms with Crippen LogP contribution in [0.15, 0.2) is 46.9 Å². The van der Waals surface area contributed by atoms with E-state index >= 15 is 0 Å². The lowest BCUT2D eigenvalue weighted by Crippen LogP contribution is -1.95. The molecule has 0 bridgehead atoms. The van der Waals surface area contributed by atoms with Gasteiger partial charge < -0.3 is 9.84 Å². The van der Waals surface area contributed by atoms with Crippen LogP contribution in [0.25, 0.3) is 16.5 Å². The minimum Gasteiger partial charge on any atom is -0.496 e. The monoisotopic (exact) mass is 306 g/mol. The summed E-state index contributed by atoms with van der Waals surface area (Å²) >= 11 is 3.41. The third-order valence-electron chi connectivity index (χ3n) is 2.58. The minimum atomic E-state index is -1.03. The van der Waals surface area contributed by atoms with Crippen molar-refractivity contribution in [2.75, 3.05) is 7.11 Å². The molecule has 0 atom stereocenters. The first-order valence-electron chi connectivity index (χ1n) is 5.29. The molecule has 0 aliphatic rings. The highest BCUT2D eigenvalue weighted by Gasteiger charge is 2.08. The van der Waals surface area contributed by atoms with Crippen molar-refractivity contribution in [2.24, 2.45) is 0 Å². The highest BCUT2D eigenvalue weighted by Crippen LogP contribution is 2.28. The van der Waals surface area contributed by atoms with Gasteiger partial charge in [0, 0.05) is 10.0 Å². The molecule has 0 heterocycles. The molecule has 18 heavy (non-hydrogen) atoms. The largest absolute Gasteiger partial charge is 0.496 e. The van der Waals surface area contributed by atoms with E-state index in [0.717, 1.165) is 26.9 Å². The lowest BCUT2D eigenvalue weighted by Gasteiger charge is -2.09. The Morgan fingerprint density at radius 2 is 2.11 bits per heavy atom. The Morgan fingerprint density at radius 3 is 2.78 bits per heavy atom. The normalized spacial score (nSPS) is 11.6. The number of fused-ring (bicyclic) bond motifs is 1. The second kappa shape index (κ2) is 5.23. The molecule has 2 rings (SSSR count). The van der Waals surface area contributed by atoms with Gasteiger partial charge in [0.25, 0.3) is 0 Å². The van der Waals surface area contributed by atoms with Crippen LogP contribution in [0.3, 0.4) is 0 Å². The van der Waals surface area contributed by atoms with Crippen LogP contribution in [0.4, 0.5) is 0 Å². The van der Waals surface area contributed by atoms with Crippen LogP contribution >= 0.6 is 15.9 Å². The van der Waals surface area contributed by atoms with E-state index in [1.165, 1.54) is 7.11 Å². The maximum absolute atomic E-state index is 10.8. The summed E-state index contributed by atoms with van der Waals surface area (Å²) in [6.45, 7) is 0. The predicted octanol–water partition coefficient (Wildman–Crippen LogP) is 3.67. The second-order valence-electron chi connectivity index (χ2n) is 3.72. The SMILES string of the molecule is CO/C(=C/C(=O)O)c1cccc2ccc(Br)cc12. The van der Waals surface area contributed by atoms with Crippen LogP contribution in [0.1, 0.15) is 5.56 Å². The van der Waals surface area contributed by atoms with Crippen molar-refractivity contribution in [3.63, 3.8) is 0 Å². The Hall–Kier alpha value is -1.81. The summed E-state index contributed by atoms with van der Waals surface area (Å²) < 4.78 is 6.10. The number of hydrogen-bond donors (Lipinski definition) is 1. The zero-order chi connectivity index (χ0) is 13.1. The van der Waals surface area contributed by atoms with Crippen molar-refractivity contribution in [2.45, 2.75) is 0 Å². The highest BCUT2D eigenvalue weighted by atomic mass is 79.9. The lowest BCUT2D eigenvalue weighted by molar-refractivity contribution is -0.131. The molecule has 0 amide bonds. The number of benzene rings is 2. The summed E-state index contributed by atoms with van der Waals surface area (Å²) in [5, 5.41) is 10.8. The summed E-state index contributed by atoms with van der Waals surface area (Å²) in [5.41, 5.74) is 0.763. The topological polar surface area (TPSA) is 46.5 Å². The maximum Gasteiger partial charge on any atom is 0.332 e. The Bertz CT molecular complexity index is 632. The van der Waals surface area contributed by atoms with Crippen molar-refractivity contribution in [1.29, 1.82) is 0 Å². The van der Waals surface area contributed by atoms with E-state index < -0.39 is 5.97 Å². The molecule has 2 aromatic rings. The number of methoxy groups -OCH3 is 1. The van der Waals surface area contributed by atoms with Gasteiger partial charge in [0.1, 0.15) is 5.76 Å². The molecule has 0 saturated carbocycles. The molecule has 3 nitrogen and oxygen atoms in total. The fourth-order valence-electron chi connectivity index (χ4n) is 1.82. The predicted molar refractivity (Wildman–Crippen MR) is 74.3 cm³/mol. The van der Waals surface area contributed by atoms with E-state index in [0.29, 0.717) is 5.76 Å². The first-order valence-corrected chi connectivity index (χ1v) is 6.08. The number of carboxylic acids is 1. The van der Waals surface area contributed by atoms with Crippen molar-refractivity contribution in [1.82, 2.24) is 0 Å². The molecule has 92 valence electrons. The molecule has 0 aliphatic carbocycles. The fourth-order valence-corrected chi connectivity index (χ4v) is 2.18. The molecule has 0 saturated heterocycles. The number of hydrogen-bond acceptors (Lipinski definition) is 2. The number of carboxylic acid groups (broad SMARTS) is 1. The van der Waals surface area contributed by atoms with E-state index in [-0.39, 0.29) is 0 Å². The number of ether oxygens (including phenoxy) is 1. The van der Waals surface area contributed by atoms with Crippen molar-refractivity contribution in [3.8, 4) is 0 Å². The van der Waals surface area contributed by atoms with Crippen LogP contribution in [0.2, 0.25) is 0 Å². The van der Waals surface area contributed by atoms with E-state index in [4.69, 9.17) is 9.84 Å². The number of rotatable bonds is 3. The van der Waals surface area contributed by atoms with Crippen LogP contribution in [0.5, 0.6) is 0 Å². The molecule has 4 heteroatoms. The van der Waals surface area contributed by atoms with E-state index in [2.05, 4.69) is 15.9 Å². The second-order valence-corrected chi connectivity index (χ2v) is 4.64. The Kier molecular flexibility index (Phi) is 3.67. The summed E-state index contributed by atoms with van der Waals surface area (Å²) in [4.78, 5) is 10.8. The third kappa shape index (κ3) is 2.54. The lowest BCUT2D eigenvalue weighted by atomic mass is 10.0. The van der Waals surface area contributed by atoms with E-state index in [1.807, 2.05) is 36.4 Å². The molecule has 2 aromatic carbocycles. The molecule has 1 N–H and O–H groups in total. The van der Waals surface area contributed by atoms with Gasteiger partial charge in [-0.15, -0.1) is 0 Å². The van der Waals surface area contributed by atoms with Crippen molar-refractivity contribution < 1.29 is 14.6 Å². The maximum atomic E-state index is 10.8. The van der Waals surface area contributed by atoms with Gasteiger partial charge in [-0.2, -0.15) is 0 Å². The molecule has 0 spiro atoms. The Morgan fingerprint density at radius 1 is 1.33 bits per heavy atom. The average molecular weight is 307 g/mol. The minimum absolute atomic E-state index is 0.339. The van der Waals surface area contributed by atoms with Gasteiger partial charge >= 0.3 is 5.97 Å². The number of aliphatic carboxylic acids is 1. The van der Waals surface area contributed by atoms with Gasteiger partial charge in [-0.25, -0.2) is 4.79 Å². The summed E-state index contributed by atoms with van der Waals surface area (Å²) in [7, 11) is 1.46. The Balaban J connectivity index is 2.70. The van der Waals surface area contributed by atoms with Crippen LogP contribution in [-0.2, 0) is 9.53 Å². The summed E-state index contributed by atoms with van der Waals surface area (Å²) in [5.74, 6) is -0.690. The Labute approximate surface area is 113 Å². The van der Waals surface area contributed by atoms with E-state index in [9.17, 15) is 4.79 Å². The molecule has 0 aliphatic heterocycles. The molecular weight excluding hydrogens is 296 g/mol. The summed E-state index contributed by atoms with van der Waals surface area (Å²) in [6, 6.07) is 11.5. The van der Waals surface area contributed by atoms with Gasteiger partial charge in [0.2, 0.25) is 0 Å². The smallest absolute Gasteiger partial charge is 0.332 e. The highest BCUT2D eigenvalue weighted by molar-refractivity contribution is 9.10. The standard InChI is InChI=1S/C14H11BrO3/c1-18-13(8-14(16)17)11-4-2-3-9-5-6-10(15)7-12(9)11/h2-8H,1H3,(H,16,17)/b13-8+. The van der Waals surface area contributed by atoms with Gasteiger partial charge in [0.15, 0.2) is 0 Å². The third-order valence-corrected chi connectivity index (χ3v) is 3.08. The quantitative estimate of drug-likeness (QED) is 0.695. The fraction of sp³-hybridized carbons (Fsp3) is 0.0714. The van der Waals surface area contributed by atoms with Gasteiger partial charge in [0.05, 0.1) is 13.2 Å². The molecular formula is C14H11BrO3. The van der Waals surface area contributed by atoms with E-state index in [1.54, 1.807) is 0 Å². The average Bonchev–Trinajstić information content (AvgIpc) is 2.35. The molecule has 0 fully saturated rings. The van der Waals surface area contributed by atoms with Crippen molar-refractivity contribution in [3.05, 3.63) is 52.5 Å². The van der Waals surface area contributed by atoms with Crippen LogP contribution in [0, 0.1) is 0 Å². The first kappa shape index (κ1) is 12.6. The van der Waals surface area contributed by atoms with Crippen LogP contribution < -0.4 is 0 Å². The molecule has 0 radical (unpaired) electrons. The van der Waals surface area contributed by atoms with Gasteiger partial charge in [-0.3, -0.25) is 0 Å². The van der Waals surface area contributed by atoms with Gasteiger partial charge in [-0.05, 0) is 22.9 Å². The van der Waals surface area contributed by atoms with Gasteiger partial charge in [-0.1, -0.05) is 40.2 Å². The van der Waals surface area contributed by atoms with Crippen LogP contribution in [-0.4, -0.2) is 18.2 Å². The number of halogens is 1. The first-order chi connectivity index (χ1) is 8.61. The van der Waals surface area contributed by atoms with Crippen molar-refractivity contribution >= 4 is 38.4 Å². The zero-order valence-electron chi connectivity index (χ0n) is 9.68. The summed E-state index contributed by atoms with van der Waals surface area (Å²) in [6.07, 6.45) is 1.07. The zero-order valence-corrected chi connectivity index (χ0v) is 11.3. The number of carbonyl (C=O) groups is 1. The molecule has 0 unspecified atom stereocenters.